The molecule has 0 bridgehead atoms. The van der Waals surface area contributed by atoms with Crippen molar-refractivity contribution in [3.05, 3.63) is 78.4 Å². The maximum absolute atomic E-state index is 13.2. The fourth-order valence-corrected chi connectivity index (χ4v) is 3.78. The number of unbranched alkanes of at least 4 members (excludes halogenated alkanes) is 6. The normalized spacial score (nSPS) is 10.9. The molecule has 0 heterocycles. The van der Waals surface area contributed by atoms with Crippen LogP contribution in [0.5, 0.6) is 5.75 Å². The highest BCUT2D eigenvalue weighted by Gasteiger charge is 2.15. The molecule has 0 amide bonds. The summed E-state index contributed by atoms with van der Waals surface area (Å²) in [5.74, 6) is 0.126. The monoisotopic (exact) mass is 371 g/mol. The van der Waals surface area contributed by atoms with Gasteiger partial charge in [-0.1, -0.05) is 106 Å². The lowest BCUT2D eigenvalue weighted by molar-refractivity contribution is 0.358. The standard InChI is InChI=1S/C27H31O/c1-2-3-4-5-6-7-10-15-22-20-25(23-16-11-8-12-17-23)27(28)26(21-22)24-18-13-9-14-19-24/h8-9,11-14,16-21H,2-7,10,15H2,1H3. The van der Waals surface area contributed by atoms with Crippen molar-refractivity contribution in [3.63, 3.8) is 0 Å². The zero-order valence-electron chi connectivity index (χ0n) is 17.0. The molecule has 0 aliphatic heterocycles. The highest BCUT2D eigenvalue weighted by atomic mass is 16.3. The van der Waals surface area contributed by atoms with Crippen molar-refractivity contribution < 1.29 is 5.11 Å². The van der Waals surface area contributed by atoms with Gasteiger partial charge in [0.25, 0.3) is 0 Å². The van der Waals surface area contributed by atoms with Gasteiger partial charge in [0.2, 0.25) is 0 Å². The lowest BCUT2D eigenvalue weighted by atomic mass is 9.92. The Morgan fingerprint density at radius 1 is 0.607 bits per heavy atom. The third-order valence-corrected chi connectivity index (χ3v) is 5.39. The summed E-state index contributed by atoms with van der Waals surface area (Å²) in [5.41, 5.74) is 4.92. The zero-order valence-corrected chi connectivity index (χ0v) is 17.0. The number of hydrogen-bond donors (Lipinski definition) is 0. The van der Waals surface area contributed by atoms with Crippen LogP contribution >= 0.6 is 0 Å². The molecule has 0 atom stereocenters. The van der Waals surface area contributed by atoms with Crippen molar-refractivity contribution in [1.82, 2.24) is 0 Å². The number of aryl methyl sites for hydroxylation is 1. The SMILES string of the molecule is CCCCCCCCCc1cc(-c2ccccc2)c([O])c(-c2ccccc2)c1. The van der Waals surface area contributed by atoms with Crippen LogP contribution in [0.1, 0.15) is 57.4 Å². The summed E-state index contributed by atoms with van der Waals surface area (Å²) in [6, 6.07) is 24.3. The van der Waals surface area contributed by atoms with Crippen molar-refractivity contribution in [3.8, 4) is 28.0 Å². The van der Waals surface area contributed by atoms with Gasteiger partial charge in [0.1, 0.15) is 0 Å². The molecule has 0 saturated heterocycles. The number of rotatable bonds is 10. The summed E-state index contributed by atoms with van der Waals surface area (Å²) in [6.45, 7) is 2.26. The van der Waals surface area contributed by atoms with Crippen molar-refractivity contribution in [2.24, 2.45) is 0 Å². The third kappa shape index (κ3) is 5.48. The van der Waals surface area contributed by atoms with Crippen LogP contribution in [-0.2, 0) is 11.5 Å². The Labute approximate surface area is 170 Å². The van der Waals surface area contributed by atoms with Crippen molar-refractivity contribution in [1.29, 1.82) is 0 Å². The van der Waals surface area contributed by atoms with E-state index in [9.17, 15) is 5.11 Å². The second-order valence-corrected chi connectivity index (χ2v) is 7.62. The Bertz CT molecular complexity index is 776. The van der Waals surface area contributed by atoms with E-state index in [2.05, 4.69) is 19.1 Å². The van der Waals surface area contributed by atoms with Gasteiger partial charge in [-0.2, -0.15) is 0 Å². The molecule has 1 nitrogen and oxygen atoms in total. The molecular formula is C27H31O. The quantitative estimate of drug-likeness (QED) is 0.318. The van der Waals surface area contributed by atoms with E-state index >= 15 is 0 Å². The molecule has 0 aliphatic rings. The van der Waals surface area contributed by atoms with Gasteiger partial charge in [-0.05, 0) is 41.7 Å². The van der Waals surface area contributed by atoms with Gasteiger partial charge in [0.15, 0.2) is 5.75 Å². The summed E-state index contributed by atoms with van der Waals surface area (Å²) >= 11 is 0. The van der Waals surface area contributed by atoms with Crippen LogP contribution in [0, 0.1) is 0 Å². The zero-order chi connectivity index (χ0) is 19.6. The molecule has 0 saturated carbocycles. The Morgan fingerprint density at radius 2 is 1.07 bits per heavy atom. The lowest BCUT2D eigenvalue weighted by Crippen LogP contribution is -1.91. The largest absolute Gasteiger partial charge is 0.289 e. The molecule has 3 rings (SSSR count). The van der Waals surface area contributed by atoms with Gasteiger partial charge < -0.3 is 0 Å². The van der Waals surface area contributed by atoms with E-state index in [1.807, 2.05) is 60.7 Å². The Balaban J connectivity index is 1.80. The van der Waals surface area contributed by atoms with Crippen LogP contribution in [0.25, 0.3) is 22.3 Å². The highest BCUT2D eigenvalue weighted by molar-refractivity contribution is 5.82. The Hall–Kier alpha value is -2.54. The van der Waals surface area contributed by atoms with E-state index in [4.69, 9.17) is 0 Å². The second-order valence-electron chi connectivity index (χ2n) is 7.62. The predicted octanol–water partition coefficient (Wildman–Crippen LogP) is 8.46. The predicted molar refractivity (Wildman–Crippen MR) is 119 cm³/mol. The minimum absolute atomic E-state index is 0.126. The fraction of sp³-hybridized carbons (Fsp3) is 0.333. The Kier molecular flexibility index (Phi) is 7.72. The van der Waals surface area contributed by atoms with Crippen molar-refractivity contribution >= 4 is 0 Å². The van der Waals surface area contributed by atoms with Crippen LogP contribution in [0.3, 0.4) is 0 Å². The molecule has 0 aliphatic carbocycles. The maximum atomic E-state index is 13.2. The molecule has 0 fully saturated rings. The van der Waals surface area contributed by atoms with E-state index in [1.165, 1.54) is 50.5 Å². The average Bonchev–Trinajstić information content (AvgIpc) is 2.75. The molecule has 0 spiro atoms. The van der Waals surface area contributed by atoms with Crippen molar-refractivity contribution in [2.45, 2.75) is 58.3 Å². The van der Waals surface area contributed by atoms with Crippen LogP contribution in [0.2, 0.25) is 0 Å². The van der Waals surface area contributed by atoms with Crippen molar-refractivity contribution in [2.75, 3.05) is 0 Å². The van der Waals surface area contributed by atoms with Crippen LogP contribution in [0.15, 0.2) is 72.8 Å². The molecule has 145 valence electrons. The van der Waals surface area contributed by atoms with Gasteiger partial charge in [-0.25, -0.2) is 0 Å². The molecule has 0 aromatic heterocycles. The number of benzene rings is 3. The average molecular weight is 372 g/mol. The van der Waals surface area contributed by atoms with Crippen LogP contribution in [0.4, 0.5) is 0 Å². The van der Waals surface area contributed by atoms with Gasteiger partial charge in [0, 0.05) is 11.1 Å². The van der Waals surface area contributed by atoms with E-state index in [-0.39, 0.29) is 5.75 Å². The smallest absolute Gasteiger partial charge is 0.194 e. The van der Waals surface area contributed by atoms with E-state index in [0.29, 0.717) is 0 Å². The lowest BCUT2D eigenvalue weighted by Gasteiger charge is -2.12. The van der Waals surface area contributed by atoms with Gasteiger partial charge in [0.05, 0.1) is 0 Å². The number of hydrogen-bond acceptors (Lipinski definition) is 0. The first-order valence-electron chi connectivity index (χ1n) is 10.7. The van der Waals surface area contributed by atoms with Gasteiger partial charge in [-0.15, -0.1) is 0 Å². The van der Waals surface area contributed by atoms with Gasteiger partial charge in [-0.3, -0.25) is 5.11 Å². The summed E-state index contributed by atoms with van der Waals surface area (Å²) < 4.78 is 0. The first-order valence-corrected chi connectivity index (χ1v) is 10.7. The third-order valence-electron chi connectivity index (χ3n) is 5.39. The topological polar surface area (TPSA) is 19.9 Å². The minimum Gasteiger partial charge on any atom is -0.289 e. The highest BCUT2D eigenvalue weighted by Crippen LogP contribution is 2.40. The van der Waals surface area contributed by atoms with E-state index in [1.54, 1.807) is 0 Å². The first-order chi connectivity index (χ1) is 13.8. The molecular weight excluding hydrogens is 340 g/mol. The molecule has 1 heteroatoms. The summed E-state index contributed by atoms with van der Waals surface area (Å²) in [4.78, 5) is 0. The van der Waals surface area contributed by atoms with Gasteiger partial charge >= 0.3 is 0 Å². The Morgan fingerprint density at radius 3 is 1.57 bits per heavy atom. The molecule has 3 aromatic carbocycles. The molecule has 1 radical (unpaired) electrons. The molecule has 28 heavy (non-hydrogen) atoms. The summed E-state index contributed by atoms with van der Waals surface area (Å²) in [6.07, 6.45) is 10.2. The molecule has 3 aromatic rings. The minimum atomic E-state index is 0.126. The maximum Gasteiger partial charge on any atom is 0.194 e. The van der Waals surface area contributed by atoms with Crippen LogP contribution in [-0.4, -0.2) is 0 Å². The first kappa shape index (κ1) is 20.2. The summed E-state index contributed by atoms with van der Waals surface area (Å²) in [5, 5.41) is 13.2. The fourth-order valence-electron chi connectivity index (χ4n) is 3.78. The van der Waals surface area contributed by atoms with E-state index in [0.717, 1.165) is 28.7 Å². The summed E-state index contributed by atoms with van der Waals surface area (Å²) in [7, 11) is 0. The van der Waals surface area contributed by atoms with E-state index < -0.39 is 0 Å². The molecule has 0 unspecified atom stereocenters. The molecule has 0 N–H and O–H groups in total. The second kappa shape index (κ2) is 10.7. The van der Waals surface area contributed by atoms with Crippen LogP contribution < -0.4 is 0 Å².